The fourth-order valence-electron chi connectivity index (χ4n) is 3.22. The van der Waals surface area contributed by atoms with E-state index in [-0.39, 0.29) is 17.5 Å². The van der Waals surface area contributed by atoms with Gasteiger partial charge in [-0.3, -0.25) is 14.2 Å². The number of fused-ring (bicyclic) bond motifs is 1. The Morgan fingerprint density at radius 1 is 1.23 bits per heavy atom. The van der Waals surface area contributed by atoms with Gasteiger partial charge >= 0.3 is 0 Å². The number of hydrogen-bond donors (Lipinski definition) is 1. The van der Waals surface area contributed by atoms with Crippen LogP contribution in [-0.2, 0) is 0 Å². The van der Waals surface area contributed by atoms with Gasteiger partial charge in [0.1, 0.15) is 18.7 Å². The van der Waals surface area contributed by atoms with Crippen LogP contribution in [0.1, 0.15) is 28.8 Å². The zero-order valence-electron chi connectivity index (χ0n) is 17.5. The Hall–Kier alpha value is -3.19. The van der Waals surface area contributed by atoms with Crippen LogP contribution in [0.4, 0.5) is 0 Å². The van der Waals surface area contributed by atoms with E-state index in [1.54, 1.807) is 24.3 Å². The van der Waals surface area contributed by atoms with E-state index in [4.69, 9.17) is 4.74 Å². The molecule has 1 saturated carbocycles. The zero-order chi connectivity index (χ0) is 21.3. The smallest absolute Gasteiger partial charge is 0.265 e. The summed E-state index contributed by atoms with van der Waals surface area (Å²) in [6.07, 6.45) is 3.57. The highest BCUT2D eigenvalue weighted by Crippen LogP contribution is 2.22. The number of hydrogen-bond acceptors (Lipinski definition) is 5. The molecule has 1 aliphatic carbocycles. The van der Waals surface area contributed by atoms with Gasteiger partial charge in [-0.1, -0.05) is 6.07 Å². The van der Waals surface area contributed by atoms with E-state index in [1.165, 1.54) is 10.9 Å². The van der Waals surface area contributed by atoms with E-state index in [9.17, 15) is 9.59 Å². The third-order valence-electron chi connectivity index (χ3n) is 5.18. The van der Waals surface area contributed by atoms with E-state index in [0.29, 0.717) is 34.5 Å². The molecule has 1 heterocycles. The Labute approximate surface area is 175 Å². The minimum atomic E-state index is -0.194. The predicted octanol–water partition coefficient (Wildman–Crippen LogP) is 2.53. The number of rotatable bonds is 7. The number of amides is 1. The first-order chi connectivity index (χ1) is 14.4. The molecule has 1 aromatic heterocycles. The molecule has 7 nitrogen and oxygen atoms in total. The number of benzene rings is 2. The van der Waals surface area contributed by atoms with Gasteiger partial charge in [0, 0.05) is 18.2 Å². The molecule has 0 radical (unpaired) electrons. The zero-order valence-corrected chi connectivity index (χ0v) is 17.5. The second kappa shape index (κ2) is 8.28. The average Bonchev–Trinajstić information content (AvgIpc) is 3.53. The van der Waals surface area contributed by atoms with Crippen LogP contribution in [0.5, 0.6) is 5.75 Å². The van der Waals surface area contributed by atoms with E-state index in [0.717, 1.165) is 24.9 Å². The summed E-state index contributed by atoms with van der Waals surface area (Å²) < 4.78 is 7.27. The number of carbonyl (C=O) groups excluding carboxylic acids is 1. The molecule has 156 valence electrons. The highest BCUT2D eigenvalue weighted by atomic mass is 16.5. The van der Waals surface area contributed by atoms with Crippen molar-refractivity contribution in [2.45, 2.75) is 25.8 Å². The average molecular weight is 406 g/mol. The lowest BCUT2D eigenvalue weighted by molar-refractivity contribution is 0.0951. The Morgan fingerprint density at radius 2 is 2.03 bits per heavy atom. The molecule has 7 heteroatoms. The molecule has 0 atom stereocenters. The SMILES string of the molecule is Cc1ccc(C(=O)NC2CC2)cc1-n1cnc2ccc(OCCN(C)C)cc2c1=O. The first kappa shape index (κ1) is 20.1. The molecule has 0 spiro atoms. The standard InChI is InChI=1S/C23H26N4O3/c1-15-4-5-16(22(28)25-17-6-7-17)12-21(15)27-14-24-20-9-8-18(13-19(20)23(27)29)30-11-10-26(2)3/h4-5,8-9,12-14,17H,6-7,10-11H2,1-3H3,(H,25,28). The van der Waals surface area contributed by atoms with Crippen LogP contribution in [-0.4, -0.2) is 53.6 Å². The van der Waals surface area contributed by atoms with Crippen molar-refractivity contribution in [3.05, 3.63) is 64.2 Å². The lowest BCUT2D eigenvalue weighted by Crippen LogP contribution is -2.26. The summed E-state index contributed by atoms with van der Waals surface area (Å²) in [6, 6.07) is 11.0. The molecule has 30 heavy (non-hydrogen) atoms. The summed E-state index contributed by atoms with van der Waals surface area (Å²) in [5, 5.41) is 3.46. The fraction of sp³-hybridized carbons (Fsp3) is 0.348. The second-order valence-corrected chi connectivity index (χ2v) is 8.00. The molecular formula is C23H26N4O3. The van der Waals surface area contributed by atoms with Crippen LogP contribution in [0.3, 0.4) is 0 Å². The van der Waals surface area contributed by atoms with Crippen molar-refractivity contribution in [1.29, 1.82) is 0 Å². The number of nitrogens with zero attached hydrogens (tertiary/aromatic N) is 3. The van der Waals surface area contributed by atoms with Crippen molar-refractivity contribution >= 4 is 16.8 Å². The van der Waals surface area contributed by atoms with E-state index in [2.05, 4.69) is 10.3 Å². The van der Waals surface area contributed by atoms with E-state index >= 15 is 0 Å². The molecule has 0 saturated heterocycles. The van der Waals surface area contributed by atoms with Gasteiger partial charge in [0.25, 0.3) is 11.5 Å². The number of carbonyl (C=O) groups is 1. The predicted molar refractivity (Wildman–Crippen MR) is 117 cm³/mol. The van der Waals surface area contributed by atoms with Gasteiger partial charge in [0.2, 0.25) is 0 Å². The van der Waals surface area contributed by atoms with Crippen LogP contribution >= 0.6 is 0 Å². The maximum Gasteiger partial charge on any atom is 0.265 e. The molecule has 0 bridgehead atoms. The van der Waals surface area contributed by atoms with Gasteiger partial charge in [-0.2, -0.15) is 0 Å². The summed E-state index contributed by atoms with van der Waals surface area (Å²) in [4.78, 5) is 32.2. The van der Waals surface area contributed by atoms with Crippen molar-refractivity contribution in [3.63, 3.8) is 0 Å². The van der Waals surface area contributed by atoms with Crippen molar-refractivity contribution < 1.29 is 9.53 Å². The minimum Gasteiger partial charge on any atom is -0.492 e. The lowest BCUT2D eigenvalue weighted by Gasteiger charge is -2.13. The maximum absolute atomic E-state index is 13.2. The van der Waals surface area contributed by atoms with Crippen LogP contribution in [0.2, 0.25) is 0 Å². The van der Waals surface area contributed by atoms with Gasteiger partial charge in [0.15, 0.2) is 0 Å². The van der Waals surface area contributed by atoms with Crippen molar-refractivity contribution in [3.8, 4) is 11.4 Å². The molecule has 4 rings (SSSR count). The molecule has 0 aliphatic heterocycles. The maximum atomic E-state index is 13.2. The summed E-state index contributed by atoms with van der Waals surface area (Å²) in [5.41, 5.74) is 2.49. The molecule has 1 aliphatic rings. The number of aromatic nitrogens is 2. The van der Waals surface area contributed by atoms with Crippen molar-refractivity contribution in [1.82, 2.24) is 19.8 Å². The van der Waals surface area contributed by atoms with Crippen LogP contribution in [0.15, 0.2) is 47.5 Å². The van der Waals surface area contributed by atoms with Crippen LogP contribution < -0.4 is 15.6 Å². The van der Waals surface area contributed by atoms with E-state index in [1.807, 2.05) is 38.1 Å². The molecule has 0 unspecified atom stereocenters. The summed E-state index contributed by atoms with van der Waals surface area (Å²) in [7, 11) is 3.96. The number of nitrogens with one attached hydrogen (secondary N) is 1. The normalized spacial score (nSPS) is 13.6. The first-order valence-corrected chi connectivity index (χ1v) is 10.1. The third kappa shape index (κ3) is 4.36. The summed E-state index contributed by atoms with van der Waals surface area (Å²) in [5.74, 6) is 0.521. The van der Waals surface area contributed by atoms with Gasteiger partial charge < -0.3 is 15.0 Å². The topological polar surface area (TPSA) is 76.5 Å². The molecule has 1 N–H and O–H groups in total. The minimum absolute atomic E-state index is 0.114. The Balaban J connectivity index is 1.69. The Bertz CT molecular complexity index is 1150. The lowest BCUT2D eigenvalue weighted by atomic mass is 10.1. The number of likely N-dealkylation sites (N-methyl/N-ethyl adjacent to an activating group) is 1. The van der Waals surface area contributed by atoms with Gasteiger partial charge in [-0.15, -0.1) is 0 Å². The van der Waals surface area contributed by atoms with Gasteiger partial charge in [-0.25, -0.2) is 4.98 Å². The first-order valence-electron chi connectivity index (χ1n) is 10.1. The van der Waals surface area contributed by atoms with E-state index < -0.39 is 0 Å². The molecule has 1 amide bonds. The molecule has 2 aromatic carbocycles. The number of ether oxygens (including phenoxy) is 1. The van der Waals surface area contributed by atoms with Crippen molar-refractivity contribution in [2.75, 3.05) is 27.2 Å². The number of aryl methyl sites for hydroxylation is 1. The molecule has 3 aromatic rings. The molecule has 1 fully saturated rings. The quantitative estimate of drug-likeness (QED) is 0.653. The van der Waals surface area contributed by atoms with Crippen LogP contribution in [0.25, 0.3) is 16.6 Å². The molecular weight excluding hydrogens is 380 g/mol. The Morgan fingerprint density at radius 3 is 2.77 bits per heavy atom. The largest absolute Gasteiger partial charge is 0.492 e. The summed E-state index contributed by atoms with van der Waals surface area (Å²) in [6.45, 7) is 3.23. The van der Waals surface area contributed by atoms with Crippen LogP contribution in [0, 0.1) is 6.92 Å². The fourth-order valence-corrected chi connectivity index (χ4v) is 3.22. The third-order valence-corrected chi connectivity index (χ3v) is 5.18. The summed E-state index contributed by atoms with van der Waals surface area (Å²) >= 11 is 0. The monoisotopic (exact) mass is 406 g/mol. The second-order valence-electron chi connectivity index (χ2n) is 8.00. The van der Waals surface area contributed by atoms with Gasteiger partial charge in [0.05, 0.1) is 16.6 Å². The van der Waals surface area contributed by atoms with Crippen molar-refractivity contribution in [2.24, 2.45) is 0 Å². The van der Waals surface area contributed by atoms with Gasteiger partial charge in [-0.05, 0) is 69.8 Å². The highest BCUT2D eigenvalue weighted by Gasteiger charge is 2.24. The highest BCUT2D eigenvalue weighted by molar-refractivity contribution is 5.95. The Kier molecular flexibility index (Phi) is 5.55.